The van der Waals surface area contributed by atoms with Crippen LogP contribution in [-0.4, -0.2) is 33.4 Å². The van der Waals surface area contributed by atoms with Crippen LogP contribution in [0.15, 0.2) is 81.4 Å². The number of rotatable bonds is 7. The molecule has 3 aromatic carbocycles. The van der Waals surface area contributed by atoms with Crippen LogP contribution < -0.4 is 5.32 Å². The van der Waals surface area contributed by atoms with E-state index in [1.54, 1.807) is 24.3 Å². The summed E-state index contributed by atoms with van der Waals surface area (Å²) < 4.78 is 0. The van der Waals surface area contributed by atoms with Gasteiger partial charge in [-0.05, 0) is 67.1 Å². The van der Waals surface area contributed by atoms with Crippen LogP contribution in [0.4, 0.5) is 16.2 Å². The zero-order chi connectivity index (χ0) is 25.8. The van der Waals surface area contributed by atoms with Gasteiger partial charge in [-0.15, -0.1) is 0 Å². The van der Waals surface area contributed by atoms with Crippen LogP contribution in [-0.2, 0) is 9.59 Å². The Balaban J connectivity index is 1.50. The molecular weight excluding hydrogens is 498 g/mol. The van der Waals surface area contributed by atoms with Gasteiger partial charge in [0.1, 0.15) is 6.54 Å². The average Bonchev–Trinajstić information content (AvgIpc) is 3.10. The zero-order valence-electron chi connectivity index (χ0n) is 19.4. The second kappa shape index (κ2) is 10.8. The summed E-state index contributed by atoms with van der Waals surface area (Å²) in [5.74, 6) is -1.12. The summed E-state index contributed by atoms with van der Waals surface area (Å²) in [7, 11) is 0. The fraction of sp³-hybridized carbons (Fsp3) is 0.115. The van der Waals surface area contributed by atoms with E-state index in [0.717, 1.165) is 20.9 Å². The third-order valence-electron chi connectivity index (χ3n) is 5.32. The van der Waals surface area contributed by atoms with Gasteiger partial charge in [-0.25, -0.2) is 0 Å². The summed E-state index contributed by atoms with van der Waals surface area (Å²) in [4.78, 5) is 51.2. The molecule has 1 aliphatic heterocycles. The van der Waals surface area contributed by atoms with Crippen molar-refractivity contribution in [3.63, 3.8) is 0 Å². The van der Waals surface area contributed by atoms with E-state index in [-0.39, 0.29) is 10.6 Å². The second-order valence-corrected chi connectivity index (χ2v) is 10.1. The molecule has 8 nitrogen and oxygen atoms in total. The molecule has 10 heteroatoms. The number of hydrogen-bond acceptors (Lipinski definition) is 7. The predicted octanol–water partition coefficient (Wildman–Crippen LogP) is 6.04. The van der Waals surface area contributed by atoms with Crippen molar-refractivity contribution < 1.29 is 19.3 Å². The molecule has 1 saturated heterocycles. The van der Waals surface area contributed by atoms with Crippen molar-refractivity contribution in [2.45, 2.75) is 23.6 Å². The highest BCUT2D eigenvalue weighted by Crippen LogP contribution is 2.37. The Hall–Kier alpha value is -3.89. The number of nitrogens with zero attached hydrogens (tertiary/aromatic N) is 2. The van der Waals surface area contributed by atoms with Gasteiger partial charge in [0.05, 0.1) is 14.7 Å². The molecular formula is C26H21N3O5S2. The number of carbonyl (C=O) groups is 3. The Morgan fingerprint density at radius 1 is 1.08 bits per heavy atom. The van der Waals surface area contributed by atoms with Crippen molar-refractivity contribution in [2.75, 3.05) is 11.9 Å². The summed E-state index contributed by atoms with van der Waals surface area (Å²) in [5, 5.41) is 13.8. The SMILES string of the molecule is Cc1ccc(Sc2ccc(/C=C3\SC(=O)N(CC(=O)Nc4ccccc4C)C3=O)cc2[N+](=O)[O-])cc1. The van der Waals surface area contributed by atoms with Gasteiger partial charge in [0.25, 0.3) is 16.8 Å². The zero-order valence-corrected chi connectivity index (χ0v) is 21.0. The number of hydrogen-bond donors (Lipinski definition) is 1. The van der Waals surface area contributed by atoms with Crippen molar-refractivity contribution in [3.8, 4) is 0 Å². The normalized spacial score (nSPS) is 14.4. The maximum atomic E-state index is 12.8. The molecule has 0 bridgehead atoms. The molecule has 1 fully saturated rings. The van der Waals surface area contributed by atoms with E-state index < -0.39 is 28.5 Å². The molecule has 0 atom stereocenters. The van der Waals surface area contributed by atoms with E-state index in [1.165, 1.54) is 23.9 Å². The standard InChI is InChI=1S/C26H21N3O5S2/c1-16-7-10-19(11-8-16)35-22-12-9-18(13-21(22)29(33)34)14-23-25(31)28(26(32)36-23)15-24(30)27-20-6-4-3-5-17(20)2/h3-14H,15H2,1-2H3,(H,27,30)/b23-14-. The third kappa shape index (κ3) is 5.84. The first-order chi connectivity index (χ1) is 17.2. The van der Waals surface area contributed by atoms with Crippen molar-refractivity contribution in [3.05, 3.63) is 98.4 Å². The first-order valence-electron chi connectivity index (χ1n) is 10.8. The number of para-hydroxylation sites is 1. The Morgan fingerprint density at radius 3 is 2.50 bits per heavy atom. The molecule has 1 heterocycles. The van der Waals surface area contributed by atoms with Crippen LogP contribution in [0.3, 0.4) is 0 Å². The van der Waals surface area contributed by atoms with E-state index in [1.807, 2.05) is 50.2 Å². The summed E-state index contributed by atoms with van der Waals surface area (Å²) in [6.45, 7) is 3.37. The molecule has 1 aliphatic rings. The Morgan fingerprint density at radius 2 is 1.81 bits per heavy atom. The van der Waals surface area contributed by atoms with Crippen LogP contribution in [0.1, 0.15) is 16.7 Å². The monoisotopic (exact) mass is 519 g/mol. The molecule has 0 unspecified atom stereocenters. The minimum absolute atomic E-state index is 0.0944. The number of anilines is 1. The molecule has 0 radical (unpaired) electrons. The molecule has 3 amide bonds. The number of amides is 3. The van der Waals surface area contributed by atoms with Gasteiger partial charge in [0, 0.05) is 16.6 Å². The van der Waals surface area contributed by atoms with Gasteiger partial charge < -0.3 is 5.32 Å². The number of aryl methyl sites for hydroxylation is 2. The predicted molar refractivity (Wildman–Crippen MR) is 141 cm³/mol. The second-order valence-electron chi connectivity index (χ2n) is 8.03. The Kier molecular flexibility index (Phi) is 7.56. The first-order valence-corrected chi connectivity index (χ1v) is 12.5. The quantitative estimate of drug-likeness (QED) is 0.230. The summed E-state index contributed by atoms with van der Waals surface area (Å²) >= 11 is 1.97. The number of nitro benzene ring substituents is 1. The first kappa shape index (κ1) is 25.2. The number of nitro groups is 1. The highest BCUT2D eigenvalue weighted by molar-refractivity contribution is 8.18. The molecule has 36 heavy (non-hydrogen) atoms. The molecule has 0 aliphatic carbocycles. The number of carbonyl (C=O) groups excluding carboxylic acids is 3. The van der Waals surface area contributed by atoms with Crippen LogP contribution in [0, 0.1) is 24.0 Å². The molecule has 4 rings (SSSR count). The highest BCUT2D eigenvalue weighted by Gasteiger charge is 2.36. The third-order valence-corrected chi connectivity index (χ3v) is 7.30. The summed E-state index contributed by atoms with van der Waals surface area (Å²) in [6.07, 6.45) is 1.43. The van der Waals surface area contributed by atoms with Gasteiger partial charge in [0.15, 0.2) is 0 Å². The Bertz CT molecular complexity index is 1400. The van der Waals surface area contributed by atoms with Crippen molar-refractivity contribution >= 4 is 58.0 Å². The molecule has 0 spiro atoms. The van der Waals surface area contributed by atoms with Gasteiger partial charge in [-0.1, -0.05) is 53.7 Å². The number of imide groups is 1. The molecule has 0 saturated carbocycles. The van der Waals surface area contributed by atoms with Crippen molar-refractivity contribution in [1.82, 2.24) is 4.90 Å². The number of thioether (sulfide) groups is 1. The lowest BCUT2D eigenvalue weighted by molar-refractivity contribution is -0.387. The van der Waals surface area contributed by atoms with E-state index in [4.69, 9.17) is 0 Å². The van der Waals surface area contributed by atoms with E-state index >= 15 is 0 Å². The molecule has 182 valence electrons. The van der Waals surface area contributed by atoms with Crippen LogP contribution in [0.5, 0.6) is 0 Å². The average molecular weight is 520 g/mol. The number of benzene rings is 3. The number of nitrogens with one attached hydrogen (secondary N) is 1. The van der Waals surface area contributed by atoms with Crippen LogP contribution in [0.25, 0.3) is 6.08 Å². The highest BCUT2D eigenvalue weighted by atomic mass is 32.2. The van der Waals surface area contributed by atoms with Gasteiger partial charge in [-0.2, -0.15) is 0 Å². The molecule has 1 N–H and O–H groups in total. The van der Waals surface area contributed by atoms with Gasteiger partial charge >= 0.3 is 0 Å². The minimum atomic E-state index is -0.620. The van der Waals surface area contributed by atoms with Gasteiger partial charge in [-0.3, -0.25) is 29.4 Å². The van der Waals surface area contributed by atoms with E-state index in [2.05, 4.69) is 5.32 Å². The lowest BCUT2D eigenvalue weighted by Crippen LogP contribution is -2.36. The summed E-state index contributed by atoms with van der Waals surface area (Å²) in [6, 6.07) is 19.5. The largest absolute Gasteiger partial charge is 0.324 e. The fourth-order valence-electron chi connectivity index (χ4n) is 3.42. The molecule has 3 aromatic rings. The van der Waals surface area contributed by atoms with Gasteiger partial charge in [0.2, 0.25) is 5.91 Å². The van der Waals surface area contributed by atoms with E-state index in [9.17, 15) is 24.5 Å². The maximum Gasteiger partial charge on any atom is 0.294 e. The fourth-order valence-corrected chi connectivity index (χ4v) is 5.16. The maximum absolute atomic E-state index is 12.8. The lowest BCUT2D eigenvalue weighted by Gasteiger charge is -2.13. The van der Waals surface area contributed by atoms with Crippen molar-refractivity contribution in [2.24, 2.45) is 0 Å². The molecule has 0 aromatic heterocycles. The smallest absolute Gasteiger partial charge is 0.294 e. The minimum Gasteiger partial charge on any atom is -0.324 e. The summed E-state index contributed by atoms with van der Waals surface area (Å²) in [5.41, 5.74) is 2.84. The Labute approximate surface area is 215 Å². The van der Waals surface area contributed by atoms with Crippen LogP contribution >= 0.6 is 23.5 Å². The topological polar surface area (TPSA) is 110 Å². The van der Waals surface area contributed by atoms with Crippen molar-refractivity contribution in [1.29, 1.82) is 0 Å². The van der Waals surface area contributed by atoms with E-state index in [0.29, 0.717) is 27.9 Å². The van der Waals surface area contributed by atoms with Crippen LogP contribution in [0.2, 0.25) is 0 Å². The lowest BCUT2D eigenvalue weighted by atomic mass is 10.2.